The van der Waals surface area contributed by atoms with Gasteiger partial charge in [-0.25, -0.2) is 4.57 Å². The Morgan fingerprint density at radius 1 is 0.587 bits per heavy atom. The fraction of sp³-hybridized carbons (Fsp3) is 0.804. The maximum Gasteiger partial charge on any atom is 0.472 e. The zero-order valence-electron chi connectivity index (χ0n) is 40.1. The molecule has 11 nitrogen and oxygen atoms in total. The molecule has 0 aliphatic carbocycles. The van der Waals surface area contributed by atoms with Crippen LogP contribution in [0.25, 0.3) is 0 Å². The Balaban J connectivity index is 4.28. The fourth-order valence-electron chi connectivity index (χ4n) is 6.84. The molecule has 0 amide bonds. The highest BCUT2D eigenvalue weighted by atomic mass is 31.2. The topological polar surface area (TPSA) is 169 Å². The molecule has 0 aromatic rings. The second-order valence-corrected chi connectivity index (χ2v) is 18.7. The van der Waals surface area contributed by atoms with E-state index in [0.29, 0.717) is 19.3 Å². The van der Waals surface area contributed by atoms with Crippen molar-refractivity contribution < 1.29 is 52.9 Å². The van der Waals surface area contributed by atoms with Crippen molar-refractivity contribution in [1.29, 1.82) is 0 Å². The van der Waals surface area contributed by atoms with E-state index in [9.17, 15) is 29.3 Å². The van der Waals surface area contributed by atoms with Crippen molar-refractivity contribution in [3.8, 4) is 0 Å². The van der Waals surface area contributed by atoms with E-state index in [1.165, 1.54) is 103 Å². The monoisotopic (exact) mass is 913 g/mol. The minimum atomic E-state index is -4.65. The van der Waals surface area contributed by atoms with Crippen LogP contribution in [0.5, 0.6) is 0 Å². The molecule has 5 atom stereocenters. The predicted octanol–water partition coefficient (Wildman–Crippen LogP) is 12.9. The number of carbonyl (C=O) groups excluding carboxylic acids is 2. The third-order valence-corrected chi connectivity index (χ3v) is 12.1. The maximum atomic E-state index is 12.6. The van der Waals surface area contributed by atoms with Crippen LogP contribution in [-0.4, -0.2) is 76.9 Å². The minimum Gasteiger partial charge on any atom is -0.462 e. The molecule has 0 aliphatic rings. The van der Waals surface area contributed by atoms with Crippen LogP contribution in [0, 0.1) is 5.92 Å². The average Bonchev–Trinajstić information content (AvgIpc) is 3.27. The second-order valence-electron chi connectivity index (χ2n) is 17.3. The number of hydrogen-bond acceptors (Lipinski definition) is 10. The van der Waals surface area contributed by atoms with E-state index in [0.717, 1.165) is 63.7 Å². The lowest BCUT2D eigenvalue weighted by atomic mass is 9.99. The first-order valence-corrected chi connectivity index (χ1v) is 26.6. The largest absolute Gasteiger partial charge is 0.472 e. The van der Waals surface area contributed by atoms with E-state index in [1.807, 2.05) is 36.5 Å². The van der Waals surface area contributed by atoms with Gasteiger partial charge in [0.25, 0.3) is 0 Å². The first-order valence-electron chi connectivity index (χ1n) is 25.1. The zero-order valence-corrected chi connectivity index (χ0v) is 41.0. The molecule has 63 heavy (non-hydrogen) atoms. The number of ether oxygens (including phenoxy) is 2. The van der Waals surface area contributed by atoms with Gasteiger partial charge in [0.15, 0.2) is 6.10 Å². The van der Waals surface area contributed by atoms with E-state index in [1.54, 1.807) is 0 Å². The molecule has 0 aromatic heterocycles. The van der Waals surface area contributed by atoms with Gasteiger partial charge in [-0.05, 0) is 44.4 Å². The van der Waals surface area contributed by atoms with Gasteiger partial charge >= 0.3 is 19.8 Å². The van der Waals surface area contributed by atoms with E-state index < -0.39 is 57.9 Å². The molecule has 0 aromatic carbocycles. The molecular formula is C51H93O11P. The Labute approximate surface area is 384 Å². The van der Waals surface area contributed by atoms with Crippen LogP contribution < -0.4 is 0 Å². The summed E-state index contributed by atoms with van der Waals surface area (Å²) in [6.45, 7) is 4.59. The summed E-state index contributed by atoms with van der Waals surface area (Å²) in [7, 11) is -4.65. The highest BCUT2D eigenvalue weighted by Gasteiger charge is 2.27. The molecule has 0 fully saturated rings. The quantitative estimate of drug-likeness (QED) is 0.0151. The molecule has 368 valence electrons. The molecule has 0 radical (unpaired) electrons. The lowest BCUT2D eigenvalue weighted by molar-refractivity contribution is -0.161. The van der Waals surface area contributed by atoms with Crippen molar-refractivity contribution in [2.24, 2.45) is 5.92 Å². The number of aliphatic hydroxyl groups excluding tert-OH is 3. The van der Waals surface area contributed by atoms with Crippen LogP contribution in [0.15, 0.2) is 48.6 Å². The SMILES string of the molecule is CCCCC[C@H](O)/C=C/C=C\C/C=C\C/C=C\CCCC(=O)O[C@H](COC(=O)CCCCCCCCCCCCCCCCCCCCC(C)CC)COP(=O)(O)OC[C@@H](O)CO. The molecule has 0 aliphatic heterocycles. The van der Waals surface area contributed by atoms with E-state index >= 15 is 0 Å². The summed E-state index contributed by atoms with van der Waals surface area (Å²) in [5, 5.41) is 28.3. The number of rotatable bonds is 46. The van der Waals surface area contributed by atoms with Crippen LogP contribution in [0.3, 0.4) is 0 Å². The van der Waals surface area contributed by atoms with Crippen molar-refractivity contribution in [2.75, 3.05) is 26.4 Å². The number of esters is 2. The van der Waals surface area contributed by atoms with Gasteiger partial charge < -0.3 is 29.7 Å². The Bertz CT molecular complexity index is 1220. The summed E-state index contributed by atoms with van der Waals surface area (Å²) in [6.07, 6.45) is 45.5. The number of hydrogen-bond donors (Lipinski definition) is 4. The van der Waals surface area contributed by atoms with Gasteiger partial charge in [0.05, 0.1) is 25.9 Å². The van der Waals surface area contributed by atoms with Gasteiger partial charge in [-0.3, -0.25) is 18.6 Å². The molecule has 0 saturated carbocycles. The minimum absolute atomic E-state index is 0.0886. The summed E-state index contributed by atoms with van der Waals surface area (Å²) in [5.41, 5.74) is 0. The summed E-state index contributed by atoms with van der Waals surface area (Å²) >= 11 is 0. The molecule has 0 heterocycles. The van der Waals surface area contributed by atoms with Gasteiger partial charge in [0.2, 0.25) is 0 Å². The molecule has 0 bridgehead atoms. The number of allylic oxidation sites excluding steroid dienone is 7. The average molecular weight is 913 g/mol. The number of carbonyl (C=O) groups is 2. The summed E-state index contributed by atoms with van der Waals surface area (Å²) in [6, 6.07) is 0. The van der Waals surface area contributed by atoms with Crippen LogP contribution in [0.2, 0.25) is 0 Å². The zero-order chi connectivity index (χ0) is 46.5. The lowest BCUT2D eigenvalue weighted by Crippen LogP contribution is -2.29. The third kappa shape index (κ3) is 44.9. The van der Waals surface area contributed by atoms with Crippen LogP contribution in [0.1, 0.15) is 213 Å². The van der Waals surface area contributed by atoms with Crippen molar-refractivity contribution in [3.63, 3.8) is 0 Å². The van der Waals surface area contributed by atoms with Gasteiger partial charge in [-0.1, -0.05) is 211 Å². The number of unbranched alkanes of at least 4 members (excludes halogenated alkanes) is 20. The number of phosphoric acid groups is 1. The van der Waals surface area contributed by atoms with E-state index in [4.69, 9.17) is 23.6 Å². The second kappa shape index (κ2) is 45.1. The Hall–Kier alpha value is -2.11. The Kier molecular flexibility index (Phi) is 43.6. The standard InChI is InChI=1S/C51H93O11P/c1-4-6-32-38-47(53)39-34-29-25-21-17-15-19-23-27-31-36-41-51(56)62-49(45-61-63(57,58)60-43-48(54)42-52)44-59-50(55)40-35-30-26-22-18-14-12-10-8-7-9-11-13-16-20-24-28-33-37-46(3)5-2/h15,17,23,25,27,29,34,39,46-49,52-54H,4-14,16,18-22,24,26,28,30-33,35-38,40-45H2,1-3H3,(H,57,58)/b17-15-,27-23-,29-25-,39-34+/t46?,47-,48-,49+/m0/s1. The molecule has 0 rings (SSSR count). The van der Waals surface area contributed by atoms with Crippen LogP contribution in [0.4, 0.5) is 0 Å². The van der Waals surface area contributed by atoms with Crippen molar-refractivity contribution in [2.45, 2.75) is 232 Å². The van der Waals surface area contributed by atoms with Gasteiger partial charge in [0, 0.05) is 12.8 Å². The first-order chi connectivity index (χ1) is 30.5. The van der Waals surface area contributed by atoms with E-state index in [-0.39, 0.29) is 19.4 Å². The molecule has 0 spiro atoms. The Morgan fingerprint density at radius 3 is 1.67 bits per heavy atom. The molecule has 4 N–H and O–H groups in total. The van der Waals surface area contributed by atoms with Crippen LogP contribution in [-0.2, 0) is 32.7 Å². The van der Waals surface area contributed by atoms with Gasteiger partial charge in [-0.15, -0.1) is 0 Å². The number of aliphatic hydroxyl groups is 3. The molecule has 0 saturated heterocycles. The maximum absolute atomic E-state index is 12.6. The lowest BCUT2D eigenvalue weighted by Gasteiger charge is -2.20. The summed E-state index contributed by atoms with van der Waals surface area (Å²) < 4.78 is 32.7. The fourth-order valence-corrected chi connectivity index (χ4v) is 7.63. The normalized spacial score (nSPS) is 15.1. The van der Waals surface area contributed by atoms with Crippen molar-refractivity contribution in [3.05, 3.63) is 48.6 Å². The smallest absolute Gasteiger partial charge is 0.462 e. The first kappa shape index (κ1) is 60.9. The van der Waals surface area contributed by atoms with Crippen molar-refractivity contribution >= 4 is 19.8 Å². The molecule has 12 heteroatoms. The predicted molar refractivity (Wildman–Crippen MR) is 257 cm³/mol. The molecular weight excluding hydrogens is 820 g/mol. The summed E-state index contributed by atoms with van der Waals surface area (Å²) in [4.78, 5) is 35.1. The molecule has 2 unspecified atom stereocenters. The number of phosphoric ester groups is 1. The summed E-state index contributed by atoms with van der Waals surface area (Å²) in [5.74, 6) is -0.121. The Morgan fingerprint density at radius 2 is 1.10 bits per heavy atom. The van der Waals surface area contributed by atoms with Gasteiger partial charge in [-0.2, -0.15) is 0 Å². The van der Waals surface area contributed by atoms with Crippen LogP contribution >= 0.6 is 7.82 Å². The highest BCUT2D eigenvalue weighted by molar-refractivity contribution is 7.47. The van der Waals surface area contributed by atoms with Gasteiger partial charge in [0.1, 0.15) is 12.7 Å². The van der Waals surface area contributed by atoms with E-state index in [2.05, 4.69) is 32.9 Å². The highest BCUT2D eigenvalue weighted by Crippen LogP contribution is 2.43. The third-order valence-electron chi connectivity index (χ3n) is 11.1. The van der Waals surface area contributed by atoms with Crippen molar-refractivity contribution in [1.82, 2.24) is 0 Å².